The van der Waals surface area contributed by atoms with Crippen molar-refractivity contribution in [3.05, 3.63) is 23.3 Å². The van der Waals surface area contributed by atoms with E-state index in [1.54, 1.807) is 41.5 Å². The van der Waals surface area contributed by atoms with E-state index in [9.17, 15) is 9.59 Å². The first-order valence-corrected chi connectivity index (χ1v) is 16.9. The van der Waals surface area contributed by atoms with E-state index in [1.807, 2.05) is 26.0 Å². The molecule has 9 nitrogen and oxygen atoms in total. The maximum atomic E-state index is 13.8. The van der Waals surface area contributed by atoms with E-state index in [0.29, 0.717) is 41.3 Å². The molecular weight excluding hydrogens is 583 g/mol. The lowest BCUT2D eigenvalue weighted by Crippen LogP contribution is -2.65. The molecule has 5 rings (SSSR count). The highest BCUT2D eigenvalue weighted by atomic mass is 32.2. The van der Waals surface area contributed by atoms with E-state index >= 15 is 0 Å². The highest BCUT2D eigenvalue weighted by molar-refractivity contribution is 7.99. The lowest BCUT2D eigenvalue weighted by Gasteiger charge is -2.64. The predicted molar refractivity (Wildman–Crippen MR) is 170 cm³/mol. The fraction of sp³-hybridized carbons (Fsp3) is 0.758. The van der Waals surface area contributed by atoms with Gasteiger partial charge in [0.1, 0.15) is 16.8 Å². The molecule has 11 heteroatoms. The molecule has 4 aliphatic rings. The molecule has 3 aliphatic carbocycles. The van der Waals surface area contributed by atoms with Gasteiger partial charge in [0.2, 0.25) is 0 Å². The molecule has 0 amide bonds. The monoisotopic (exact) mass is 634 g/mol. The summed E-state index contributed by atoms with van der Waals surface area (Å²) in [6.45, 7) is 22.2. The molecule has 1 aromatic rings. The van der Waals surface area contributed by atoms with Crippen LogP contribution in [0.4, 0.5) is 4.79 Å². The number of carbonyl (C=O) groups excluding carboxylic acids is 2. The summed E-state index contributed by atoms with van der Waals surface area (Å²) in [5.41, 5.74) is -1.04. The molecule has 0 aromatic heterocycles. The quantitative estimate of drug-likeness (QED) is 0.0813. The molecule has 0 spiro atoms. The first-order valence-electron chi connectivity index (χ1n) is 15.9. The topological polar surface area (TPSA) is 98.8 Å². The van der Waals surface area contributed by atoms with Crippen molar-refractivity contribution in [3.8, 4) is 5.75 Å². The number of carbonyl (C=O) groups is 2. The van der Waals surface area contributed by atoms with Crippen LogP contribution in [0.15, 0.2) is 17.0 Å². The van der Waals surface area contributed by atoms with E-state index in [0.717, 1.165) is 12.8 Å². The Bertz CT molecular complexity index is 1200. The van der Waals surface area contributed by atoms with Crippen LogP contribution in [-0.4, -0.2) is 67.4 Å². The SMILES string of the molecule is CCOC(CSc1ccc(CB2OC3C[C@@H]4C[C@@H](C4(C)C)[C@]3(C)O2)c(OC(=O)OC(C)(C)C)c1C(=O)OC(C)(C)C)OCC. The molecule has 0 radical (unpaired) electrons. The third-order valence-corrected chi connectivity index (χ3v) is 9.94. The van der Waals surface area contributed by atoms with Crippen molar-refractivity contribution in [2.75, 3.05) is 19.0 Å². The highest BCUT2D eigenvalue weighted by Crippen LogP contribution is 2.65. The van der Waals surface area contributed by atoms with Crippen LogP contribution in [0.1, 0.15) is 105 Å². The highest BCUT2D eigenvalue weighted by Gasteiger charge is 2.67. The van der Waals surface area contributed by atoms with Gasteiger partial charge in [-0.05, 0) is 104 Å². The Morgan fingerprint density at radius 3 is 2.20 bits per heavy atom. The van der Waals surface area contributed by atoms with E-state index in [4.69, 9.17) is 33.0 Å². The van der Waals surface area contributed by atoms with Crippen molar-refractivity contribution in [1.29, 1.82) is 0 Å². The van der Waals surface area contributed by atoms with Crippen molar-refractivity contribution in [2.24, 2.45) is 17.3 Å². The zero-order valence-corrected chi connectivity index (χ0v) is 29.2. The van der Waals surface area contributed by atoms with Gasteiger partial charge in [-0.25, -0.2) is 9.59 Å². The molecule has 1 saturated heterocycles. The summed E-state index contributed by atoms with van der Waals surface area (Å²) in [7, 11) is -0.564. The summed E-state index contributed by atoms with van der Waals surface area (Å²) in [6.07, 6.45) is 0.983. The summed E-state index contributed by atoms with van der Waals surface area (Å²) in [4.78, 5) is 27.5. The van der Waals surface area contributed by atoms with Gasteiger partial charge in [0.15, 0.2) is 12.0 Å². The summed E-state index contributed by atoms with van der Waals surface area (Å²) in [5.74, 6) is 0.906. The molecule has 1 aliphatic heterocycles. The number of hydrogen-bond donors (Lipinski definition) is 0. The Kier molecular flexibility index (Phi) is 10.5. The van der Waals surface area contributed by atoms with E-state index in [1.165, 1.54) is 11.8 Å². The molecule has 4 fully saturated rings. The average Bonchev–Trinajstić information content (AvgIpc) is 3.21. The molecule has 1 unspecified atom stereocenters. The van der Waals surface area contributed by atoms with Crippen molar-refractivity contribution in [2.45, 2.75) is 129 Å². The second kappa shape index (κ2) is 13.1. The van der Waals surface area contributed by atoms with Crippen LogP contribution in [0.2, 0.25) is 0 Å². The average molecular weight is 635 g/mol. The van der Waals surface area contributed by atoms with Gasteiger partial charge in [-0.2, -0.15) is 0 Å². The van der Waals surface area contributed by atoms with Crippen LogP contribution >= 0.6 is 11.8 Å². The largest absolute Gasteiger partial charge is 0.514 e. The Hall–Kier alpha value is -1.79. The standard InChI is InChI=1S/C33H51BO9S/c1-12-37-25(38-13-2)19-44-22-15-14-20(18-34-42-24-17-21-16-23(32(21,9)10)33(24,11)43-34)27(39-29(36)41-31(6,7)8)26(22)28(35)40-30(3,4)5/h14-15,21,23-25H,12-13,16-19H2,1-11H3/t21-,23-,24?,33-/m0/s1. The molecular formula is C33H51BO9S. The number of hydrogen-bond acceptors (Lipinski definition) is 10. The van der Waals surface area contributed by atoms with Crippen LogP contribution in [0, 0.1) is 17.3 Å². The van der Waals surface area contributed by atoms with Gasteiger partial charge in [0.05, 0.1) is 11.7 Å². The van der Waals surface area contributed by atoms with Crippen molar-refractivity contribution in [1.82, 2.24) is 0 Å². The maximum absolute atomic E-state index is 13.8. The van der Waals surface area contributed by atoms with Crippen LogP contribution in [0.5, 0.6) is 5.75 Å². The molecule has 1 aromatic carbocycles. The minimum Gasteiger partial charge on any atom is -0.456 e. The van der Waals surface area contributed by atoms with Gasteiger partial charge < -0.3 is 33.0 Å². The van der Waals surface area contributed by atoms with E-state index in [2.05, 4.69) is 20.8 Å². The number of thioether (sulfide) groups is 1. The Morgan fingerprint density at radius 2 is 1.64 bits per heavy atom. The van der Waals surface area contributed by atoms with Gasteiger partial charge >= 0.3 is 19.2 Å². The third kappa shape index (κ3) is 7.77. The van der Waals surface area contributed by atoms with E-state index in [-0.39, 0.29) is 29.2 Å². The van der Waals surface area contributed by atoms with Crippen LogP contribution in [0.3, 0.4) is 0 Å². The molecule has 1 heterocycles. The lowest BCUT2D eigenvalue weighted by atomic mass is 9.43. The van der Waals surface area contributed by atoms with Crippen molar-refractivity contribution in [3.63, 3.8) is 0 Å². The minimum atomic E-state index is -0.913. The van der Waals surface area contributed by atoms with Crippen molar-refractivity contribution >= 4 is 31.0 Å². The first kappa shape index (κ1) is 35.1. The van der Waals surface area contributed by atoms with Gasteiger partial charge in [0, 0.05) is 30.2 Å². The third-order valence-electron chi connectivity index (χ3n) is 8.85. The minimum absolute atomic E-state index is 0.00582. The second-order valence-electron chi connectivity index (χ2n) is 14.7. The van der Waals surface area contributed by atoms with Gasteiger partial charge in [-0.3, -0.25) is 0 Å². The Labute approximate surface area is 267 Å². The fourth-order valence-electron chi connectivity index (χ4n) is 6.77. The molecule has 3 saturated carbocycles. The van der Waals surface area contributed by atoms with Gasteiger partial charge in [-0.1, -0.05) is 19.9 Å². The zero-order chi connectivity index (χ0) is 32.7. The molecule has 2 bridgehead atoms. The van der Waals surface area contributed by atoms with Crippen LogP contribution in [-0.2, 0) is 34.6 Å². The van der Waals surface area contributed by atoms with Gasteiger partial charge in [-0.15, -0.1) is 11.8 Å². The smallest absolute Gasteiger partial charge is 0.456 e. The number of rotatable bonds is 11. The van der Waals surface area contributed by atoms with E-state index < -0.39 is 42.3 Å². The molecule has 4 atom stereocenters. The number of benzene rings is 1. The number of ether oxygens (including phenoxy) is 5. The molecule has 0 N–H and O–H groups in total. The molecule has 44 heavy (non-hydrogen) atoms. The Morgan fingerprint density at radius 1 is 1.00 bits per heavy atom. The normalized spacial score (nSPS) is 25.8. The summed E-state index contributed by atoms with van der Waals surface area (Å²) in [5, 5.41) is 0. The number of esters is 1. The second-order valence-corrected chi connectivity index (χ2v) is 15.8. The fourth-order valence-corrected chi connectivity index (χ4v) is 7.77. The van der Waals surface area contributed by atoms with Gasteiger partial charge in [0.25, 0.3) is 0 Å². The zero-order valence-electron chi connectivity index (χ0n) is 28.4. The van der Waals surface area contributed by atoms with Crippen LogP contribution in [0.25, 0.3) is 0 Å². The van der Waals surface area contributed by atoms with Crippen molar-refractivity contribution < 1.29 is 42.6 Å². The predicted octanol–water partition coefficient (Wildman–Crippen LogP) is 7.26. The Balaban J connectivity index is 1.71. The first-order chi connectivity index (χ1) is 20.4. The lowest BCUT2D eigenvalue weighted by molar-refractivity contribution is -0.199. The van der Waals surface area contributed by atoms with Crippen LogP contribution < -0.4 is 4.74 Å². The maximum Gasteiger partial charge on any atom is 0.514 e. The molecule has 246 valence electrons. The summed E-state index contributed by atoms with van der Waals surface area (Å²) >= 11 is 1.37. The summed E-state index contributed by atoms with van der Waals surface area (Å²) in [6, 6.07) is 3.70. The summed E-state index contributed by atoms with van der Waals surface area (Å²) < 4.78 is 41.9.